The molecule has 0 aromatic heterocycles. The van der Waals surface area contributed by atoms with Gasteiger partial charge >= 0.3 is 0 Å². The Morgan fingerprint density at radius 2 is 1.86 bits per heavy atom. The monoisotopic (exact) mass is 618 g/mol. The van der Waals surface area contributed by atoms with E-state index >= 15 is 0 Å². The van der Waals surface area contributed by atoms with Crippen LogP contribution in [0.4, 0.5) is 10.5 Å². The van der Waals surface area contributed by atoms with Crippen LogP contribution in [0, 0.1) is 10.5 Å². The topological polar surface area (TPSA) is 75.7 Å². The van der Waals surface area contributed by atoms with Crippen LogP contribution in [0.3, 0.4) is 0 Å². The van der Waals surface area contributed by atoms with E-state index in [0.29, 0.717) is 17.3 Å². The number of carbonyl (C=O) groups excluding carboxylic acids is 3. The molecule has 9 heteroatoms. The third-order valence-electron chi connectivity index (χ3n) is 5.09. The maximum atomic E-state index is 12.8. The number of anilines is 1. The number of nitrogens with one attached hydrogen (secondary N) is 1. The number of ether oxygens (including phenoxy) is 1. The summed E-state index contributed by atoms with van der Waals surface area (Å²) in [6.07, 6.45) is 1.64. The third kappa shape index (κ3) is 6.45. The van der Waals surface area contributed by atoms with Crippen molar-refractivity contribution in [3.05, 3.63) is 96.9 Å². The van der Waals surface area contributed by atoms with Gasteiger partial charge in [-0.05, 0) is 82.7 Å². The van der Waals surface area contributed by atoms with Crippen LogP contribution in [0.25, 0.3) is 6.08 Å². The van der Waals surface area contributed by atoms with Gasteiger partial charge in [-0.25, -0.2) is 0 Å². The maximum absolute atomic E-state index is 12.8. The van der Waals surface area contributed by atoms with Crippen LogP contribution in [0.2, 0.25) is 5.02 Å². The lowest BCUT2D eigenvalue weighted by atomic mass is 10.1. The summed E-state index contributed by atoms with van der Waals surface area (Å²) in [4.78, 5) is 38.8. The maximum Gasteiger partial charge on any atom is 0.294 e. The molecule has 1 N–H and O–H groups in total. The van der Waals surface area contributed by atoms with E-state index in [0.717, 1.165) is 37.1 Å². The van der Waals surface area contributed by atoms with Gasteiger partial charge in [0.1, 0.15) is 18.9 Å². The first-order chi connectivity index (χ1) is 16.8. The second-order valence-electron chi connectivity index (χ2n) is 7.76. The second kappa shape index (κ2) is 11.3. The highest BCUT2D eigenvalue weighted by Crippen LogP contribution is 2.33. The number of hydrogen-bond donors (Lipinski definition) is 1. The molecule has 1 saturated heterocycles. The van der Waals surface area contributed by atoms with Gasteiger partial charge in [0.05, 0.1) is 19.2 Å². The molecule has 0 saturated carbocycles. The van der Waals surface area contributed by atoms with Gasteiger partial charge in [-0.1, -0.05) is 59.6 Å². The largest absolute Gasteiger partial charge is 0.488 e. The van der Waals surface area contributed by atoms with Gasteiger partial charge in [0.15, 0.2) is 0 Å². The summed E-state index contributed by atoms with van der Waals surface area (Å²) in [5.41, 5.74) is 3.44. The highest BCUT2D eigenvalue weighted by atomic mass is 127. The molecule has 35 heavy (non-hydrogen) atoms. The van der Waals surface area contributed by atoms with Crippen LogP contribution in [0.1, 0.15) is 16.7 Å². The summed E-state index contributed by atoms with van der Waals surface area (Å²) in [6, 6.07) is 20.4. The third-order valence-corrected chi connectivity index (χ3v) is 7.17. The Hall–Kier alpha value is -2.82. The number of halogens is 2. The number of benzene rings is 3. The van der Waals surface area contributed by atoms with E-state index in [2.05, 4.69) is 27.9 Å². The summed E-state index contributed by atoms with van der Waals surface area (Å²) in [7, 11) is 0. The molecule has 0 spiro atoms. The highest BCUT2D eigenvalue weighted by Gasteiger charge is 2.36. The normalized spacial score (nSPS) is 14.5. The molecule has 0 atom stereocenters. The number of rotatable bonds is 7. The quantitative estimate of drug-likeness (QED) is 0.242. The number of para-hydroxylation sites is 1. The fourth-order valence-corrected chi connectivity index (χ4v) is 4.97. The predicted molar refractivity (Wildman–Crippen MR) is 147 cm³/mol. The van der Waals surface area contributed by atoms with Crippen molar-refractivity contribution in [1.29, 1.82) is 0 Å². The van der Waals surface area contributed by atoms with E-state index in [-0.39, 0.29) is 4.91 Å². The fraction of sp³-hybridized carbons (Fsp3) is 0.115. The molecular weight excluding hydrogens is 599 g/mol. The number of hydrogen-bond acceptors (Lipinski definition) is 5. The number of imide groups is 1. The van der Waals surface area contributed by atoms with Crippen LogP contribution < -0.4 is 10.1 Å². The van der Waals surface area contributed by atoms with Crippen molar-refractivity contribution in [1.82, 2.24) is 4.90 Å². The minimum Gasteiger partial charge on any atom is -0.488 e. The van der Waals surface area contributed by atoms with E-state index in [1.807, 2.05) is 49.4 Å². The Morgan fingerprint density at radius 3 is 2.57 bits per heavy atom. The molecule has 1 heterocycles. The minimum absolute atomic E-state index is 0.254. The van der Waals surface area contributed by atoms with Gasteiger partial charge in [-0.3, -0.25) is 19.3 Å². The van der Waals surface area contributed by atoms with E-state index in [1.165, 1.54) is 5.56 Å². The summed E-state index contributed by atoms with van der Waals surface area (Å²) < 4.78 is 6.80. The Bertz CT molecular complexity index is 1330. The number of amides is 3. The lowest BCUT2D eigenvalue weighted by Gasteiger charge is -2.13. The SMILES string of the molecule is Cc1ccc(COc2ccc(/C=C3/SC(=O)N(CC(=O)Nc4ccccc4Cl)C3=O)cc2I)cc1. The van der Waals surface area contributed by atoms with Gasteiger partial charge in [-0.2, -0.15) is 0 Å². The molecule has 3 aromatic rings. The average molecular weight is 619 g/mol. The highest BCUT2D eigenvalue weighted by molar-refractivity contribution is 14.1. The van der Waals surface area contributed by atoms with Crippen molar-refractivity contribution < 1.29 is 19.1 Å². The van der Waals surface area contributed by atoms with Crippen LogP contribution in [0.5, 0.6) is 5.75 Å². The Morgan fingerprint density at radius 1 is 1.11 bits per heavy atom. The molecule has 6 nitrogen and oxygen atoms in total. The Balaban J connectivity index is 1.40. The van der Waals surface area contributed by atoms with Gasteiger partial charge in [0, 0.05) is 0 Å². The van der Waals surface area contributed by atoms with Gasteiger partial charge in [0.25, 0.3) is 11.1 Å². The zero-order valence-corrected chi connectivity index (χ0v) is 22.3. The predicted octanol–water partition coefficient (Wildman–Crippen LogP) is 6.51. The number of aryl methyl sites for hydroxylation is 1. The first kappa shape index (κ1) is 25.3. The van der Waals surface area contributed by atoms with Crippen molar-refractivity contribution in [3.63, 3.8) is 0 Å². The molecule has 0 bridgehead atoms. The first-order valence-electron chi connectivity index (χ1n) is 10.6. The van der Waals surface area contributed by atoms with Gasteiger partial charge < -0.3 is 10.1 Å². The molecule has 3 amide bonds. The number of nitrogens with zero attached hydrogens (tertiary/aromatic N) is 1. The zero-order chi connectivity index (χ0) is 24.9. The second-order valence-corrected chi connectivity index (χ2v) is 10.3. The molecule has 0 radical (unpaired) electrons. The smallest absolute Gasteiger partial charge is 0.294 e. The standard InChI is InChI=1S/C26H20ClIN2O4S/c1-16-6-8-17(9-7-16)15-34-22-11-10-18(12-20(22)28)13-23-25(32)30(26(33)35-23)14-24(31)29-21-5-3-2-4-19(21)27/h2-13H,14-15H2,1H3,(H,29,31)/b23-13+. The zero-order valence-electron chi connectivity index (χ0n) is 18.6. The van der Waals surface area contributed by atoms with E-state index in [9.17, 15) is 14.4 Å². The van der Waals surface area contributed by atoms with Crippen molar-refractivity contribution in [2.45, 2.75) is 13.5 Å². The van der Waals surface area contributed by atoms with E-state index < -0.39 is 23.6 Å². The molecule has 4 rings (SSSR count). The summed E-state index contributed by atoms with van der Waals surface area (Å²) in [5, 5.41) is 2.50. The van der Waals surface area contributed by atoms with Crippen molar-refractivity contribution in [3.8, 4) is 5.75 Å². The lowest BCUT2D eigenvalue weighted by Crippen LogP contribution is -2.36. The molecule has 3 aromatic carbocycles. The molecule has 1 aliphatic rings. The van der Waals surface area contributed by atoms with Crippen LogP contribution in [-0.2, 0) is 16.2 Å². The summed E-state index contributed by atoms with van der Waals surface area (Å²) in [6.45, 7) is 2.10. The average Bonchev–Trinajstić information content (AvgIpc) is 3.08. The van der Waals surface area contributed by atoms with Crippen LogP contribution in [0.15, 0.2) is 71.6 Å². The fourth-order valence-electron chi connectivity index (χ4n) is 3.25. The Labute approximate surface area is 225 Å². The van der Waals surface area contributed by atoms with Crippen molar-refractivity contribution in [2.24, 2.45) is 0 Å². The summed E-state index contributed by atoms with van der Waals surface area (Å²) >= 11 is 9.03. The molecule has 1 aliphatic heterocycles. The van der Waals surface area contributed by atoms with Gasteiger partial charge in [-0.15, -0.1) is 0 Å². The molecule has 0 unspecified atom stereocenters. The van der Waals surface area contributed by atoms with E-state index in [4.69, 9.17) is 16.3 Å². The number of carbonyl (C=O) groups is 3. The van der Waals surface area contributed by atoms with Crippen LogP contribution in [-0.4, -0.2) is 28.5 Å². The van der Waals surface area contributed by atoms with E-state index in [1.54, 1.807) is 30.3 Å². The molecule has 1 fully saturated rings. The Kier molecular flexibility index (Phi) is 8.15. The number of thioether (sulfide) groups is 1. The van der Waals surface area contributed by atoms with Crippen molar-refractivity contribution in [2.75, 3.05) is 11.9 Å². The molecular formula is C26H20ClIN2O4S. The van der Waals surface area contributed by atoms with Crippen molar-refractivity contribution >= 4 is 74.8 Å². The summed E-state index contributed by atoms with van der Waals surface area (Å²) in [5.74, 6) is -0.289. The lowest BCUT2D eigenvalue weighted by molar-refractivity contribution is -0.127. The minimum atomic E-state index is -0.510. The van der Waals surface area contributed by atoms with Crippen LogP contribution >= 0.6 is 46.0 Å². The molecule has 178 valence electrons. The molecule has 0 aliphatic carbocycles. The first-order valence-corrected chi connectivity index (χ1v) is 12.8. The van der Waals surface area contributed by atoms with Gasteiger partial charge in [0.2, 0.25) is 5.91 Å².